The molecular weight excluding hydrogens is 371 g/mol. The molecule has 0 radical (unpaired) electrons. The Hall–Kier alpha value is -1.60. The lowest BCUT2D eigenvalue weighted by Gasteiger charge is -2.09. The van der Waals surface area contributed by atoms with Crippen molar-refractivity contribution in [2.45, 2.75) is 17.7 Å². The monoisotopic (exact) mass is 386 g/mol. The number of anilines is 1. The molecule has 0 aliphatic rings. The average Bonchev–Trinajstić information content (AvgIpc) is 2.57. The second kappa shape index (κ2) is 7.98. The van der Waals surface area contributed by atoms with E-state index in [1.54, 1.807) is 30.3 Å². The first-order valence-electron chi connectivity index (χ1n) is 7.10. The second-order valence-corrected chi connectivity index (χ2v) is 7.70. The number of sulfonamides is 1. The number of rotatable bonds is 6. The molecule has 0 atom stereocenters. The van der Waals surface area contributed by atoms with Crippen LogP contribution in [0.5, 0.6) is 0 Å². The van der Waals surface area contributed by atoms with Gasteiger partial charge in [-0.2, -0.15) is 0 Å². The first-order valence-corrected chi connectivity index (χ1v) is 9.34. The highest BCUT2D eigenvalue weighted by Gasteiger charge is 2.12. The van der Waals surface area contributed by atoms with Crippen LogP contribution in [0.15, 0.2) is 47.4 Å². The molecular formula is C16H16Cl2N2O3S. The highest BCUT2D eigenvalue weighted by molar-refractivity contribution is 7.89. The third-order valence-corrected chi connectivity index (χ3v) is 5.43. The van der Waals surface area contributed by atoms with Gasteiger partial charge in [0.2, 0.25) is 15.9 Å². The van der Waals surface area contributed by atoms with Crippen molar-refractivity contribution in [1.29, 1.82) is 0 Å². The minimum absolute atomic E-state index is 0.182. The predicted molar refractivity (Wildman–Crippen MR) is 96.1 cm³/mol. The summed E-state index contributed by atoms with van der Waals surface area (Å²) >= 11 is 12.0. The zero-order chi connectivity index (χ0) is 17.7. The minimum Gasteiger partial charge on any atom is -0.324 e. The molecule has 2 aromatic rings. The van der Waals surface area contributed by atoms with Crippen LogP contribution in [-0.2, 0) is 21.2 Å². The summed E-state index contributed by atoms with van der Waals surface area (Å²) in [4.78, 5) is 12.2. The summed E-state index contributed by atoms with van der Waals surface area (Å²) in [6.07, 6.45) is 0.688. The fraction of sp³-hybridized carbons (Fsp3) is 0.188. The largest absolute Gasteiger partial charge is 0.324 e. The smallest absolute Gasteiger partial charge is 0.240 e. The molecule has 0 bridgehead atoms. The molecule has 2 rings (SSSR count). The molecule has 0 unspecified atom stereocenters. The van der Waals surface area contributed by atoms with Gasteiger partial charge in [0, 0.05) is 6.42 Å². The van der Waals surface area contributed by atoms with Crippen molar-refractivity contribution in [3.8, 4) is 0 Å². The third-order valence-electron chi connectivity index (χ3n) is 3.37. The Bertz CT molecular complexity index is 817. The highest BCUT2D eigenvalue weighted by atomic mass is 35.5. The van der Waals surface area contributed by atoms with Crippen molar-refractivity contribution >= 4 is 44.8 Å². The lowest BCUT2D eigenvalue weighted by atomic mass is 10.1. The maximum absolute atomic E-state index is 12.0. The molecule has 128 valence electrons. The van der Waals surface area contributed by atoms with Gasteiger partial charge in [-0.3, -0.25) is 4.79 Å². The van der Waals surface area contributed by atoms with E-state index in [2.05, 4.69) is 10.0 Å². The number of para-hydroxylation sites is 1. The summed E-state index contributed by atoms with van der Waals surface area (Å²) in [5.41, 5.74) is 1.24. The number of halogens is 2. The van der Waals surface area contributed by atoms with Crippen LogP contribution in [0.2, 0.25) is 10.0 Å². The van der Waals surface area contributed by atoms with Crippen LogP contribution in [0.3, 0.4) is 0 Å². The fourth-order valence-electron chi connectivity index (χ4n) is 2.03. The highest BCUT2D eigenvalue weighted by Crippen LogP contribution is 2.29. The SMILES string of the molecule is CNS(=O)(=O)c1ccc(CCC(=O)Nc2c(Cl)cccc2Cl)cc1. The Morgan fingerprint density at radius 1 is 1.04 bits per heavy atom. The lowest BCUT2D eigenvalue weighted by Crippen LogP contribution is -2.18. The third kappa shape index (κ3) is 4.70. The van der Waals surface area contributed by atoms with Crippen LogP contribution in [0, 0.1) is 0 Å². The van der Waals surface area contributed by atoms with Crippen molar-refractivity contribution in [3.05, 3.63) is 58.1 Å². The summed E-state index contributed by atoms with van der Waals surface area (Å²) in [6, 6.07) is 11.4. The van der Waals surface area contributed by atoms with Gasteiger partial charge in [-0.05, 0) is 43.3 Å². The molecule has 0 saturated heterocycles. The molecule has 5 nitrogen and oxygen atoms in total. The Kier molecular flexibility index (Phi) is 6.23. The van der Waals surface area contributed by atoms with Crippen molar-refractivity contribution in [3.63, 3.8) is 0 Å². The summed E-state index contributed by atoms with van der Waals surface area (Å²) in [7, 11) is -2.10. The van der Waals surface area contributed by atoms with Crippen molar-refractivity contribution < 1.29 is 13.2 Å². The van der Waals surface area contributed by atoms with Crippen LogP contribution in [0.1, 0.15) is 12.0 Å². The van der Waals surface area contributed by atoms with E-state index in [-0.39, 0.29) is 17.2 Å². The Labute approximate surface area is 151 Å². The molecule has 2 N–H and O–H groups in total. The maximum Gasteiger partial charge on any atom is 0.240 e. The van der Waals surface area contributed by atoms with Gasteiger partial charge < -0.3 is 5.32 Å². The zero-order valence-corrected chi connectivity index (χ0v) is 15.2. The van der Waals surface area contributed by atoms with Gasteiger partial charge in [0.15, 0.2) is 0 Å². The summed E-state index contributed by atoms with van der Waals surface area (Å²) in [6.45, 7) is 0. The molecule has 0 aromatic heterocycles. The van der Waals surface area contributed by atoms with Gasteiger partial charge in [0.1, 0.15) is 0 Å². The number of nitrogens with one attached hydrogen (secondary N) is 2. The second-order valence-electron chi connectivity index (χ2n) is 5.00. The molecule has 1 amide bonds. The quantitative estimate of drug-likeness (QED) is 0.797. The van der Waals surface area contributed by atoms with Crippen LogP contribution in [-0.4, -0.2) is 21.4 Å². The summed E-state index contributed by atoms with van der Waals surface area (Å²) in [5.74, 6) is -0.225. The number of hydrogen-bond donors (Lipinski definition) is 2. The van der Waals surface area contributed by atoms with Gasteiger partial charge in [0.05, 0.1) is 20.6 Å². The number of aryl methyl sites for hydroxylation is 1. The van der Waals surface area contributed by atoms with Crippen molar-refractivity contribution in [2.75, 3.05) is 12.4 Å². The van der Waals surface area contributed by atoms with E-state index < -0.39 is 10.0 Å². The van der Waals surface area contributed by atoms with Crippen LogP contribution < -0.4 is 10.0 Å². The first-order chi connectivity index (χ1) is 11.3. The molecule has 0 aliphatic heterocycles. The summed E-state index contributed by atoms with van der Waals surface area (Å²) in [5, 5.41) is 3.43. The van der Waals surface area contributed by atoms with Crippen LogP contribution >= 0.6 is 23.2 Å². The van der Waals surface area contributed by atoms with E-state index in [0.29, 0.717) is 22.2 Å². The first kappa shape index (κ1) is 18.7. The van der Waals surface area contributed by atoms with E-state index >= 15 is 0 Å². The van der Waals surface area contributed by atoms with Crippen LogP contribution in [0.4, 0.5) is 5.69 Å². The van der Waals surface area contributed by atoms with Gasteiger partial charge in [-0.1, -0.05) is 41.4 Å². The molecule has 0 saturated carbocycles. The van der Waals surface area contributed by atoms with Gasteiger partial charge in [0.25, 0.3) is 0 Å². The number of hydrogen-bond acceptors (Lipinski definition) is 3. The zero-order valence-electron chi connectivity index (χ0n) is 12.8. The topological polar surface area (TPSA) is 75.3 Å². The Balaban J connectivity index is 1.97. The predicted octanol–water partition coefficient (Wildman–Crippen LogP) is 3.47. The van der Waals surface area contributed by atoms with E-state index in [4.69, 9.17) is 23.2 Å². The molecule has 0 fully saturated rings. The number of benzene rings is 2. The van der Waals surface area contributed by atoms with E-state index in [1.165, 1.54) is 19.2 Å². The van der Waals surface area contributed by atoms with E-state index in [9.17, 15) is 13.2 Å². The van der Waals surface area contributed by atoms with Crippen molar-refractivity contribution in [1.82, 2.24) is 4.72 Å². The molecule has 24 heavy (non-hydrogen) atoms. The van der Waals surface area contributed by atoms with Gasteiger partial charge in [-0.15, -0.1) is 0 Å². The summed E-state index contributed by atoms with van der Waals surface area (Å²) < 4.78 is 25.5. The van der Waals surface area contributed by atoms with Crippen molar-refractivity contribution in [2.24, 2.45) is 0 Å². The van der Waals surface area contributed by atoms with E-state index in [0.717, 1.165) is 5.56 Å². The lowest BCUT2D eigenvalue weighted by molar-refractivity contribution is -0.116. The number of carbonyl (C=O) groups excluding carboxylic acids is 1. The van der Waals surface area contributed by atoms with E-state index in [1.807, 2.05) is 0 Å². The minimum atomic E-state index is -3.46. The Morgan fingerprint density at radius 2 is 1.62 bits per heavy atom. The maximum atomic E-state index is 12.0. The van der Waals surface area contributed by atoms with Gasteiger partial charge in [-0.25, -0.2) is 13.1 Å². The molecule has 0 heterocycles. The fourth-order valence-corrected chi connectivity index (χ4v) is 3.25. The standard InChI is InChI=1S/C16H16Cl2N2O3S/c1-19-24(22,23)12-8-5-11(6-9-12)7-10-15(21)20-16-13(17)3-2-4-14(16)18/h2-6,8-9,19H,7,10H2,1H3,(H,20,21). The van der Waals surface area contributed by atoms with Gasteiger partial charge >= 0.3 is 0 Å². The molecule has 0 aliphatic carbocycles. The molecule has 8 heteroatoms. The number of carbonyl (C=O) groups is 1. The number of amides is 1. The molecule has 2 aromatic carbocycles. The molecule has 0 spiro atoms. The normalized spacial score (nSPS) is 11.3. The van der Waals surface area contributed by atoms with Crippen LogP contribution in [0.25, 0.3) is 0 Å². The Morgan fingerprint density at radius 3 is 2.17 bits per heavy atom. The average molecular weight is 387 g/mol.